The lowest BCUT2D eigenvalue weighted by Gasteiger charge is -2.47. The van der Waals surface area contributed by atoms with Gasteiger partial charge in [-0.05, 0) is 41.0 Å². The van der Waals surface area contributed by atoms with E-state index in [4.69, 9.17) is 28.4 Å². The fourth-order valence-electron chi connectivity index (χ4n) is 6.50. The highest BCUT2D eigenvalue weighted by molar-refractivity contribution is 5.54. The molecule has 11 atom stereocenters. The van der Waals surface area contributed by atoms with Gasteiger partial charge in [0.1, 0.15) is 36.1 Å². The molecule has 47 heavy (non-hydrogen) atoms. The highest BCUT2D eigenvalue weighted by Crippen LogP contribution is 2.49. The molecule has 0 radical (unpaired) electrons. The number of phenolic OH excluding ortho intramolecular Hbond substituents is 2. The summed E-state index contributed by atoms with van der Waals surface area (Å²) in [6, 6.07) is 7.56. The van der Waals surface area contributed by atoms with Crippen molar-refractivity contribution in [2.24, 2.45) is 5.92 Å². The Hall–Kier alpha value is -2.84. The van der Waals surface area contributed by atoms with E-state index in [1.54, 1.807) is 18.2 Å². The van der Waals surface area contributed by atoms with Crippen molar-refractivity contribution in [3.05, 3.63) is 47.0 Å². The van der Waals surface area contributed by atoms with Crippen LogP contribution in [0.25, 0.3) is 0 Å². The van der Waals surface area contributed by atoms with Crippen LogP contribution < -0.4 is 9.47 Å². The van der Waals surface area contributed by atoms with Gasteiger partial charge in [0.2, 0.25) is 0 Å². The standard InChI is InChI=1S/C31H42O16/c1-42-20-5-14(3-4-18(20)34)23-16-7-19(35)21(43-2)6-15(16)8-30(40,17(23)9-32)12-45-28-26(38)25(37)24(36)22(47-28)10-44-29-27(39)31(41,11-33)13-46-29/h3-7,17,22-29,32-41H,8-13H2,1-2H3/t17-,22-,23-,24+,25+,26+,27+,28-,29-,30-,31+/m0/s1. The van der Waals surface area contributed by atoms with Crippen molar-refractivity contribution in [1.82, 2.24) is 0 Å². The topological polar surface area (TPSA) is 258 Å². The SMILES string of the molecule is COc1cc([C@H]2c3cc(O)c(OC)cc3C[C@](O)(CO[C@H]3O[C@@H](CO[C@H]4OC[C@](O)(CO)[C@@H]4O)[C@@H](O)[C@@H](O)[C@H]3O)[C@H]2CO)ccc1O. The van der Waals surface area contributed by atoms with Gasteiger partial charge in [-0.15, -0.1) is 0 Å². The van der Waals surface area contributed by atoms with Crippen LogP contribution in [0.3, 0.4) is 0 Å². The van der Waals surface area contributed by atoms with Crippen molar-refractivity contribution in [1.29, 1.82) is 0 Å². The Bertz CT molecular complexity index is 1390. The van der Waals surface area contributed by atoms with Crippen LogP contribution in [0.15, 0.2) is 30.3 Å². The first-order valence-corrected chi connectivity index (χ1v) is 15.0. The zero-order valence-corrected chi connectivity index (χ0v) is 25.7. The lowest BCUT2D eigenvalue weighted by molar-refractivity contribution is -0.318. The lowest BCUT2D eigenvalue weighted by Crippen LogP contribution is -2.61. The Kier molecular flexibility index (Phi) is 10.5. The van der Waals surface area contributed by atoms with E-state index < -0.39 is 99.2 Å². The molecule has 262 valence electrons. The fourth-order valence-corrected chi connectivity index (χ4v) is 6.50. The number of phenols is 2. The van der Waals surface area contributed by atoms with Gasteiger partial charge < -0.3 is 79.5 Å². The number of hydrogen-bond acceptors (Lipinski definition) is 16. The van der Waals surface area contributed by atoms with Crippen LogP contribution in [0.1, 0.15) is 22.6 Å². The van der Waals surface area contributed by atoms with Crippen LogP contribution in [0.2, 0.25) is 0 Å². The molecule has 10 N–H and O–H groups in total. The molecule has 2 aliphatic heterocycles. The average Bonchev–Trinajstić information content (AvgIpc) is 3.35. The first-order chi connectivity index (χ1) is 22.3. The van der Waals surface area contributed by atoms with Crippen molar-refractivity contribution >= 4 is 0 Å². The highest BCUT2D eigenvalue weighted by atomic mass is 16.7. The van der Waals surface area contributed by atoms with Crippen LogP contribution in [0.5, 0.6) is 23.0 Å². The summed E-state index contributed by atoms with van der Waals surface area (Å²) in [7, 11) is 2.74. The summed E-state index contributed by atoms with van der Waals surface area (Å²) in [6.45, 7) is -2.85. The molecule has 0 amide bonds. The van der Waals surface area contributed by atoms with Crippen molar-refractivity contribution in [3.63, 3.8) is 0 Å². The lowest BCUT2D eigenvalue weighted by atomic mass is 9.64. The molecule has 0 saturated carbocycles. The zero-order valence-electron chi connectivity index (χ0n) is 25.7. The van der Waals surface area contributed by atoms with Gasteiger partial charge in [-0.25, -0.2) is 0 Å². The van der Waals surface area contributed by atoms with Gasteiger partial charge >= 0.3 is 0 Å². The fraction of sp³-hybridized carbons (Fsp3) is 0.613. The van der Waals surface area contributed by atoms with E-state index in [2.05, 4.69) is 0 Å². The first-order valence-electron chi connectivity index (χ1n) is 15.0. The second-order valence-electron chi connectivity index (χ2n) is 12.2. The average molecular weight is 671 g/mol. The summed E-state index contributed by atoms with van der Waals surface area (Å²) in [5.74, 6) is -1.79. The number of aliphatic hydroxyl groups is 8. The van der Waals surface area contributed by atoms with Crippen LogP contribution >= 0.6 is 0 Å². The zero-order chi connectivity index (χ0) is 34.3. The van der Waals surface area contributed by atoms with Crippen LogP contribution in [-0.4, -0.2) is 153 Å². The maximum atomic E-state index is 12.1. The molecule has 2 heterocycles. The molecule has 5 rings (SSSR count). The first kappa shape index (κ1) is 35.5. The third kappa shape index (κ3) is 6.61. The van der Waals surface area contributed by atoms with Crippen LogP contribution in [0.4, 0.5) is 0 Å². The molecule has 2 aromatic rings. The third-order valence-corrected chi connectivity index (χ3v) is 9.29. The van der Waals surface area contributed by atoms with E-state index in [0.717, 1.165) is 0 Å². The van der Waals surface area contributed by atoms with E-state index in [0.29, 0.717) is 16.7 Å². The summed E-state index contributed by atoms with van der Waals surface area (Å²) in [5.41, 5.74) is -2.18. The van der Waals surface area contributed by atoms with Crippen molar-refractivity contribution in [2.75, 3.05) is 47.3 Å². The molecule has 0 spiro atoms. The third-order valence-electron chi connectivity index (χ3n) is 9.29. The molecule has 0 aromatic heterocycles. The maximum Gasteiger partial charge on any atom is 0.186 e. The Morgan fingerprint density at radius 1 is 0.830 bits per heavy atom. The molecule has 2 aromatic carbocycles. The number of ether oxygens (including phenoxy) is 6. The Labute approximate surface area is 269 Å². The van der Waals surface area contributed by atoms with Crippen molar-refractivity contribution in [2.45, 2.75) is 66.6 Å². The second-order valence-corrected chi connectivity index (χ2v) is 12.2. The van der Waals surface area contributed by atoms with Gasteiger partial charge in [0.25, 0.3) is 0 Å². The predicted octanol–water partition coefficient (Wildman–Crippen LogP) is -2.58. The van der Waals surface area contributed by atoms with Crippen molar-refractivity contribution in [3.8, 4) is 23.0 Å². The Balaban J connectivity index is 1.39. The van der Waals surface area contributed by atoms with Gasteiger partial charge in [-0.3, -0.25) is 0 Å². The van der Waals surface area contributed by atoms with E-state index >= 15 is 0 Å². The number of rotatable bonds is 11. The molecule has 3 aliphatic rings. The van der Waals surface area contributed by atoms with Gasteiger partial charge in [0.05, 0.1) is 46.2 Å². The number of hydrogen-bond donors (Lipinski definition) is 10. The number of benzene rings is 2. The minimum absolute atomic E-state index is 0.110. The van der Waals surface area contributed by atoms with Crippen LogP contribution in [0, 0.1) is 5.92 Å². The van der Waals surface area contributed by atoms with Gasteiger partial charge in [-0.1, -0.05) is 6.07 Å². The van der Waals surface area contributed by atoms with Gasteiger partial charge in [0.15, 0.2) is 35.6 Å². The molecular formula is C31H42O16. The largest absolute Gasteiger partial charge is 0.504 e. The van der Waals surface area contributed by atoms with Gasteiger partial charge in [0, 0.05) is 24.9 Å². The van der Waals surface area contributed by atoms with E-state index in [1.807, 2.05) is 0 Å². The number of fused-ring (bicyclic) bond motifs is 1. The number of aromatic hydroxyl groups is 2. The summed E-state index contributed by atoms with van der Waals surface area (Å²) in [5, 5.41) is 105. The molecular weight excluding hydrogens is 628 g/mol. The van der Waals surface area contributed by atoms with Crippen molar-refractivity contribution < 1.29 is 79.5 Å². The van der Waals surface area contributed by atoms with E-state index in [-0.39, 0.29) is 29.4 Å². The molecule has 16 heteroatoms. The molecule has 2 fully saturated rings. The number of aliphatic hydroxyl groups excluding tert-OH is 6. The molecule has 1 aliphatic carbocycles. The predicted molar refractivity (Wildman–Crippen MR) is 157 cm³/mol. The Morgan fingerprint density at radius 2 is 1.53 bits per heavy atom. The van der Waals surface area contributed by atoms with Gasteiger partial charge in [-0.2, -0.15) is 0 Å². The highest BCUT2D eigenvalue weighted by Gasteiger charge is 2.52. The summed E-state index contributed by atoms with van der Waals surface area (Å²) in [4.78, 5) is 0. The Morgan fingerprint density at radius 3 is 2.17 bits per heavy atom. The molecule has 2 saturated heterocycles. The molecule has 0 bridgehead atoms. The number of methoxy groups -OCH3 is 2. The van der Waals surface area contributed by atoms with E-state index in [9.17, 15) is 51.1 Å². The smallest absolute Gasteiger partial charge is 0.186 e. The quantitative estimate of drug-likeness (QED) is 0.118. The summed E-state index contributed by atoms with van der Waals surface area (Å²) in [6.07, 6.45) is -11.3. The minimum Gasteiger partial charge on any atom is -0.504 e. The maximum absolute atomic E-state index is 12.1. The minimum atomic E-state index is -1.96. The molecule has 16 nitrogen and oxygen atoms in total. The van der Waals surface area contributed by atoms with E-state index in [1.165, 1.54) is 26.4 Å². The summed E-state index contributed by atoms with van der Waals surface area (Å²) < 4.78 is 32.7. The monoisotopic (exact) mass is 670 g/mol. The van der Waals surface area contributed by atoms with Crippen LogP contribution in [-0.2, 0) is 25.4 Å². The normalized spacial score (nSPS) is 37.0. The summed E-state index contributed by atoms with van der Waals surface area (Å²) >= 11 is 0. The molecule has 0 unspecified atom stereocenters. The second kappa shape index (κ2) is 13.9.